The van der Waals surface area contributed by atoms with Gasteiger partial charge >= 0.3 is 0 Å². The van der Waals surface area contributed by atoms with Crippen molar-refractivity contribution in [2.24, 2.45) is 0 Å². The largest absolute Gasteiger partial charge is 0.454 e. The van der Waals surface area contributed by atoms with Crippen LogP contribution in [0.2, 0.25) is 0 Å². The fourth-order valence-corrected chi connectivity index (χ4v) is 3.34. The van der Waals surface area contributed by atoms with Crippen molar-refractivity contribution in [1.82, 2.24) is 20.4 Å². The number of hydrogen-bond donors (Lipinski definition) is 1. The fraction of sp³-hybridized carbons (Fsp3) is 0.286. The summed E-state index contributed by atoms with van der Waals surface area (Å²) < 4.78 is 16.2. The van der Waals surface area contributed by atoms with E-state index in [4.69, 9.17) is 14.0 Å². The molecule has 2 aromatic heterocycles. The average Bonchev–Trinajstić information content (AvgIpc) is 3.34. The number of aryl methyl sites for hydroxylation is 1. The number of rotatable bonds is 6. The maximum absolute atomic E-state index is 13.0. The molecule has 3 heterocycles. The number of carbonyl (C=O) groups excluding carboxylic acids is 1. The molecule has 1 atom stereocenters. The first-order valence-electron chi connectivity index (χ1n) is 9.25. The first-order chi connectivity index (χ1) is 14.0. The van der Waals surface area contributed by atoms with Crippen molar-refractivity contribution >= 4 is 5.91 Å². The molecule has 1 aromatic carbocycles. The third-order valence-electron chi connectivity index (χ3n) is 4.90. The van der Waals surface area contributed by atoms with E-state index in [9.17, 15) is 4.79 Å². The number of ether oxygens (including phenoxy) is 2. The van der Waals surface area contributed by atoms with Crippen molar-refractivity contribution in [3.05, 3.63) is 59.6 Å². The number of benzene rings is 1. The molecule has 0 aliphatic carbocycles. The highest BCUT2D eigenvalue weighted by Gasteiger charge is 2.24. The average molecular weight is 394 g/mol. The van der Waals surface area contributed by atoms with Crippen LogP contribution in [0.3, 0.4) is 0 Å². The van der Waals surface area contributed by atoms with Gasteiger partial charge in [0.05, 0.1) is 6.04 Å². The predicted molar refractivity (Wildman–Crippen MR) is 106 cm³/mol. The molecule has 0 spiro atoms. The van der Waals surface area contributed by atoms with E-state index in [2.05, 4.69) is 15.5 Å². The Morgan fingerprint density at radius 3 is 2.69 bits per heavy atom. The Bertz CT molecular complexity index is 1020. The second-order valence-electron chi connectivity index (χ2n) is 7.00. The number of likely N-dealkylation sites (N-methyl/N-ethyl adjacent to an activating group) is 1. The number of fused-ring (bicyclic) bond motifs is 1. The third-order valence-corrected chi connectivity index (χ3v) is 4.90. The van der Waals surface area contributed by atoms with Crippen LogP contribution >= 0.6 is 0 Å². The summed E-state index contributed by atoms with van der Waals surface area (Å²) in [4.78, 5) is 19.0. The molecular formula is C21H22N4O4. The van der Waals surface area contributed by atoms with Crippen LogP contribution in [0.4, 0.5) is 0 Å². The molecule has 1 aliphatic rings. The minimum absolute atomic E-state index is 0.0435. The summed E-state index contributed by atoms with van der Waals surface area (Å²) >= 11 is 0. The van der Waals surface area contributed by atoms with Crippen molar-refractivity contribution in [2.75, 3.05) is 27.4 Å². The lowest BCUT2D eigenvalue weighted by atomic mass is 10.0. The van der Waals surface area contributed by atoms with Gasteiger partial charge in [0.2, 0.25) is 6.79 Å². The molecule has 4 rings (SSSR count). The van der Waals surface area contributed by atoms with E-state index >= 15 is 0 Å². The Hall–Kier alpha value is -3.39. The number of carbonyl (C=O) groups is 1. The molecule has 1 amide bonds. The first kappa shape index (κ1) is 18.9. The molecule has 0 saturated carbocycles. The maximum atomic E-state index is 13.0. The standard InChI is InChI=1S/C21H22N4O4/c1-13-19(20(24-29-13)14-6-8-22-9-7-14)21(26)23-11-16(25(2)3)15-4-5-17-18(10-15)28-12-27-17/h4-10,16H,11-12H2,1-3H3,(H,23,26). The second kappa shape index (κ2) is 7.92. The number of pyridine rings is 1. The topological polar surface area (TPSA) is 89.7 Å². The lowest BCUT2D eigenvalue weighted by molar-refractivity contribution is 0.0941. The van der Waals surface area contributed by atoms with Gasteiger partial charge < -0.3 is 24.2 Å². The molecule has 8 heteroatoms. The Kier molecular flexibility index (Phi) is 5.18. The molecule has 150 valence electrons. The Labute approximate surface area is 168 Å². The molecule has 3 aromatic rings. The molecule has 1 aliphatic heterocycles. The molecule has 29 heavy (non-hydrogen) atoms. The van der Waals surface area contributed by atoms with Gasteiger partial charge in [-0.25, -0.2) is 0 Å². The van der Waals surface area contributed by atoms with Crippen LogP contribution in [0.5, 0.6) is 11.5 Å². The van der Waals surface area contributed by atoms with E-state index in [1.165, 1.54) is 0 Å². The zero-order valence-corrected chi connectivity index (χ0v) is 16.5. The van der Waals surface area contributed by atoms with Crippen molar-refractivity contribution in [2.45, 2.75) is 13.0 Å². The summed E-state index contributed by atoms with van der Waals surface area (Å²) in [6.45, 7) is 2.37. The summed E-state index contributed by atoms with van der Waals surface area (Å²) in [6, 6.07) is 9.37. The minimum atomic E-state index is -0.233. The van der Waals surface area contributed by atoms with Crippen molar-refractivity contribution in [3.8, 4) is 22.8 Å². The van der Waals surface area contributed by atoms with Crippen molar-refractivity contribution in [1.29, 1.82) is 0 Å². The van der Waals surface area contributed by atoms with Crippen LogP contribution in [0.15, 0.2) is 47.2 Å². The van der Waals surface area contributed by atoms with Crippen molar-refractivity contribution in [3.63, 3.8) is 0 Å². The van der Waals surface area contributed by atoms with Gasteiger partial charge in [-0.1, -0.05) is 11.2 Å². The fourth-order valence-electron chi connectivity index (χ4n) is 3.34. The van der Waals surface area contributed by atoms with Crippen molar-refractivity contribution < 1.29 is 18.8 Å². The van der Waals surface area contributed by atoms with Crippen LogP contribution in [-0.2, 0) is 0 Å². The van der Waals surface area contributed by atoms with Gasteiger partial charge in [0, 0.05) is 24.5 Å². The minimum Gasteiger partial charge on any atom is -0.454 e. The van der Waals surface area contributed by atoms with E-state index in [0.717, 1.165) is 22.6 Å². The number of nitrogens with zero attached hydrogens (tertiary/aromatic N) is 3. The van der Waals surface area contributed by atoms with Gasteiger partial charge in [-0.3, -0.25) is 9.78 Å². The van der Waals surface area contributed by atoms with E-state index in [-0.39, 0.29) is 18.7 Å². The number of amides is 1. The monoisotopic (exact) mass is 394 g/mol. The van der Waals surface area contributed by atoms with Gasteiger partial charge in [-0.05, 0) is 50.8 Å². The van der Waals surface area contributed by atoms with Crippen LogP contribution in [0, 0.1) is 6.92 Å². The smallest absolute Gasteiger partial charge is 0.257 e. The van der Waals surface area contributed by atoms with E-state index in [1.807, 2.05) is 37.2 Å². The molecular weight excluding hydrogens is 372 g/mol. The number of hydrogen-bond acceptors (Lipinski definition) is 7. The molecule has 0 bridgehead atoms. The number of nitrogens with one attached hydrogen (secondary N) is 1. The summed E-state index contributed by atoms with van der Waals surface area (Å²) in [5.41, 5.74) is 2.74. The molecule has 0 radical (unpaired) electrons. The summed E-state index contributed by atoms with van der Waals surface area (Å²) in [7, 11) is 3.93. The zero-order valence-electron chi connectivity index (χ0n) is 16.5. The zero-order chi connectivity index (χ0) is 20.4. The normalized spacial score (nSPS) is 13.5. The molecule has 1 N–H and O–H groups in total. The summed E-state index contributed by atoms with van der Waals surface area (Å²) in [5, 5.41) is 7.08. The lowest BCUT2D eigenvalue weighted by Gasteiger charge is -2.25. The second-order valence-corrected chi connectivity index (χ2v) is 7.00. The van der Waals surface area contributed by atoms with Gasteiger partial charge in [0.15, 0.2) is 11.5 Å². The molecule has 8 nitrogen and oxygen atoms in total. The molecule has 0 fully saturated rings. The number of aromatic nitrogens is 2. The highest BCUT2D eigenvalue weighted by molar-refractivity contribution is 6.00. The summed E-state index contributed by atoms with van der Waals surface area (Å²) in [5.74, 6) is 1.69. The Morgan fingerprint density at radius 2 is 1.93 bits per heavy atom. The summed E-state index contributed by atoms with van der Waals surface area (Å²) in [6.07, 6.45) is 3.31. The quantitative estimate of drug-likeness (QED) is 0.687. The van der Waals surface area contributed by atoms with E-state index in [1.54, 1.807) is 31.5 Å². The third kappa shape index (κ3) is 3.79. The SMILES string of the molecule is Cc1onc(-c2ccncc2)c1C(=O)NCC(c1ccc2c(c1)OCO2)N(C)C. The van der Waals surface area contributed by atoms with E-state index in [0.29, 0.717) is 23.6 Å². The first-order valence-corrected chi connectivity index (χ1v) is 9.25. The van der Waals surface area contributed by atoms with E-state index < -0.39 is 0 Å². The predicted octanol–water partition coefficient (Wildman–Crippen LogP) is 2.81. The maximum Gasteiger partial charge on any atom is 0.257 e. The Morgan fingerprint density at radius 1 is 1.17 bits per heavy atom. The highest BCUT2D eigenvalue weighted by atomic mass is 16.7. The van der Waals surface area contributed by atoms with Crippen LogP contribution in [0.25, 0.3) is 11.3 Å². The van der Waals surface area contributed by atoms with Crippen LogP contribution in [0.1, 0.15) is 27.7 Å². The Balaban J connectivity index is 1.53. The lowest BCUT2D eigenvalue weighted by Crippen LogP contribution is -2.34. The van der Waals surface area contributed by atoms with Gasteiger partial charge in [-0.15, -0.1) is 0 Å². The van der Waals surface area contributed by atoms with Crippen LogP contribution in [-0.4, -0.2) is 48.4 Å². The van der Waals surface area contributed by atoms with Gasteiger partial charge in [0.1, 0.15) is 17.0 Å². The highest BCUT2D eigenvalue weighted by Crippen LogP contribution is 2.35. The van der Waals surface area contributed by atoms with Crippen LogP contribution < -0.4 is 14.8 Å². The van der Waals surface area contributed by atoms with Gasteiger partial charge in [-0.2, -0.15) is 0 Å². The van der Waals surface area contributed by atoms with Gasteiger partial charge in [0.25, 0.3) is 5.91 Å². The molecule has 1 unspecified atom stereocenters. The molecule has 0 saturated heterocycles.